The molecule has 0 amide bonds. The normalized spacial score (nSPS) is 10.9. The van der Waals surface area contributed by atoms with Gasteiger partial charge in [-0.25, -0.2) is 0 Å². The highest BCUT2D eigenvalue weighted by Crippen LogP contribution is 2.23. The summed E-state index contributed by atoms with van der Waals surface area (Å²) < 4.78 is 5.88. The average Bonchev–Trinajstić information content (AvgIpc) is 2.81. The summed E-state index contributed by atoms with van der Waals surface area (Å²) >= 11 is 0. The van der Waals surface area contributed by atoms with Crippen molar-refractivity contribution >= 4 is 0 Å². The van der Waals surface area contributed by atoms with Crippen LogP contribution in [0.1, 0.15) is 62.8 Å². The largest absolute Gasteiger partial charge is 0.494 e. The molecule has 0 spiro atoms. The Balaban J connectivity index is 1.46. The predicted molar refractivity (Wildman–Crippen MR) is 127 cm³/mol. The van der Waals surface area contributed by atoms with E-state index in [0.29, 0.717) is 0 Å². The lowest BCUT2D eigenvalue weighted by Crippen LogP contribution is -1.97. The highest BCUT2D eigenvalue weighted by atomic mass is 16.5. The number of unbranched alkanes of at least 4 members (excludes halogenated alkanes) is 4. The number of nitrogens with zero attached hydrogens (tertiary/aromatic N) is 1. The van der Waals surface area contributed by atoms with Gasteiger partial charge in [-0.3, -0.25) is 4.98 Å². The van der Waals surface area contributed by atoms with Crippen LogP contribution in [-0.4, -0.2) is 11.6 Å². The highest BCUT2D eigenvalue weighted by Gasteiger charge is 2.02. The molecule has 0 fully saturated rings. The van der Waals surface area contributed by atoms with Gasteiger partial charge in [0.2, 0.25) is 0 Å². The Morgan fingerprint density at radius 3 is 1.97 bits per heavy atom. The smallest absolute Gasteiger partial charge is 0.119 e. The van der Waals surface area contributed by atoms with Crippen LogP contribution in [0.4, 0.5) is 0 Å². The first-order chi connectivity index (χ1) is 14.8. The number of pyridine rings is 1. The Morgan fingerprint density at radius 1 is 0.667 bits per heavy atom. The lowest BCUT2D eigenvalue weighted by Gasteiger charge is -2.08. The first kappa shape index (κ1) is 22.1. The molecule has 0 unspecified atom stereocenters. The first-order valence-corrected chi connectivity index (χ1v) is 11.5. The fourth-order valence-electron chi connectivity index (χ4n) is 3.59. The number of rotatable bonds is 12. The molecule has 2 heteroatoms. The average molecular weight is 402 g/mol. The number of aromatic nitrogens is 1. The van der Waals surface area contributed by atoms with Gasteiger partial charge in [0.25, 0.3) is 0 Å². The standard InChI is InChI=1S/C28H35NO/c1-3-5-6-7-8-21-30-28-19-15-26(16-20-28)25-13-9-24(10-14-25)12-18-27-17-11-23(4-2)22-29-27/h9-11,13-17,19-20,22H,3-8,12,18,21H2,1-2H3. The molecule has 158 valence electrons. The Hall–Kier alpha value is -2.61. The Kier molecular flexibility index (Phi) is 8.96. The van der Waals surface area contributed by atoms with Gasteiger partial charge in [0.05, 0.1) is 6.61 Å². The van der Waals surface area contributed by atoms with E-state index < -0.39 is 0 Å². The Labute approximate surface area is 182 Å². The van der Waals surface area contributed by atoms with Crippen LogP contribution < -0.4 is 4.74 Å². The zero-order valence-electron chi connectivity index (χ0n) is 18.6. The molecular formula is C28H35NO. The summed E-state index contributed by atoms with van der Waals surface area (Å²) in [5.74, 6) is 0.965. The second kappa shape index (κ2) is 12.2. The first-order valence-electron chi connectivity index (χ1n) is 11.5. The van der Waals surface area contributed by atoms with Crippen molar-refractivity contribution in [1.29, 1.82) is 0 Å². The summed E-state index contributed by atoms with van der Waals surface area (Å²) in [7, 11) is 0. The number of aryl methyl sites for hydroxylation is 3. The van der Waals surface area contributed by atoms with E-state index in [2.05, 4.69) is 79.5 Å². The quantitative estimate of drug-likeness (QED) is 0.294. The predicted octanol–water partition coefficient (Wildman–Crippen LogP) is 7.45. The van der Waals surface area contributed by atoms with Crippen molar-refractivity contribution in [3.63, 3.8) is 0 Å². The van der Waals surface area contributed by atoms with E-state index in [4.69, 9.17) is 4.74 Å². The zero-order chi connectivity index (χ0) is 21.0. The van der Waals surface area contributed by atoms with E-state index in [0.717, 1.165) is 43.7 Å². The van der Waals surface area contributed by atoms with E-state index >= 15 is 0 Å². The lowest BCUT2D eigenvalue weighted by atomic mass is 10.0. The van der Waals surface area contributed by atoms with E-state index in [1.54, 1.807) is 0 Å². The van der Waals surface area contributed by atoms with Gasteiger partial charge in [0.15, 0.2) is 0 Å². The molecule has 0 radical (unpaired) electrons. The monoisotopic (exact) mass is 401 g/mol. The summed E-state index contributed by atoms with van der Waals surface area (Å²) in [6.07, 6.45) is 11.4. The number of benzene rings is 2. The van der Waals surface area contributed by atoms with Crippen molar-refractivity contribution in [3.8, 4) is 16.9 Å². The zero-order valence-corrected chi connectivity index (χ0v) is 18.6. The molecule has 0 saturated carbocycles. The minimum atomic E-state index is 0.813. The molecule has 0 bridgehead atoms. The van der Waals surface area contributed by atoms with Gasteiger partial charge in [-0.1, -0.05) is 82.0 Å². The summed E-state index contributed by atoms with van der Waals surface area (Å²) in [6, 6.07) is 21.7. The lowest BCUT2D eigenvalue weighted by molar-refractivity contribution is 0.304. The van der Waals surface area contributed by atoms with Gasteiger partial charge in [-0.05, 0) is 66.1 Å². The molecule has 0 N–H and O–H groups in total. The van der Waals surface area contributed by atoms with Gasteiger partial charge in [-0.15, -0.1) is 0 Å². The molecule has 1 heterocycles. The summed E-state index contributed by atoms with van der Waals surface area (Å²) in [4.78, 5) is 4.57. The molecule has 2 nitrogen and oxygen atoms in total. The van der Waals surface area contributed by atoms with Gasteiger partial charge < -0.3 is 4.74 Å². The molecule has 0 aliphatic carbocycles. The minimum Gasteiger partial charge on any atom is -0.494 e. The van der Waals surface area contributed by atoms with Crippen LogP contribution >= 0.6 is 0 Å². The van der Waals surface area contributed by atoms with Gasteiger partial charge in [0.1, 0.15) is 5.75 Å². The van der Waals surface area contributed by atoms with E-state index in [1.807, 2.05) is 6.20 Å². The van der Waals surface area contributed by atoms with E-state index in [-0.39, 0.29) is 0 Å². The molecule has 30 heavy (non-hydrogen) atoms. The van der Waals surface area contributed by atoms with Crippen molar-refractivity contribution in [1.82, 2.24) is 4.98 Å². The van der Waals surface area contributed by atoms with Crippen molar-refractivity contribution in [2.45, 2.75) is 65.2 Å². The molecule has 0 aliphatic heterocycles. The topological polar surface area (TPSA) is 22.1 Å². The van der Waals surface area contributed by atoms with Crippen molar-refractivity contribution in [2.24, 2.45) is 0 Å². The van der Waals surface area contributed by atoms with Crippen LogP contribution in [-0.2, 0) is 19.3 Å². The summed E-state index contributed by atoms with van der Waals surface area (Å²) in [5, 5.41) is 0. The molecule has 0 aliphatic rings. The Bertz CT molecular complexity index is 851. The maximum Gasteiger partial charge on any atom is 0.119 e. The minimum absolute atomic E-state index is 0.813. The molecule has 1 aromatic heterocycles. The van der Waals surface area contributed by atoms with Crippen LogP contribution in [0.2, 0.25) is 0 Å². The van der Waals surface area contributed by atoms with Crippen LogP contribution in [0.25, 0.3) is 11.1 Å². The van der Waals surface area contributed by atoms with Crippen LogP contribution in [0.3, 0.4) is 0 Å². The molecular weight excluding hydrogens is 366 g/mol. The molecule has 3 rings (SSSR count). The van der Waals surface area contributed by atoms with Gasteiger partial charge in [-0.2, -0.15) is 0 Å². The molecule has 3 aromatic rings. The second-order valence-corrected chi connectivity index (χ2v) is 8.00. The van der Waals surface area contributed by atoms with Crippen molar-refractivity contribution < 1.29 is 4.74 Å². The van der Waals surface area contributed by atoms with Gasteiger partial charge in [0, 0.05) is 11.9 Å². The SMILES string of the molecule is CCCCCCCOc1ccc(-c2ccc(CCc3ccc(CC)cn3)cc2)cc1. The third kappa shape index (κ3) is 7.02. The van der Waals surface area contributed by atoms with Gasteiger partial charge >= 0.3 is 0 Å². The van der Waals surface area contributed by atoms with Crippen LogP contribution in [0, 0.1) is 0 Å². The van der Waals surface area contributed by atoms with E-state index in [1.165, 1.54) is 47.9 Å². The fourth-order valence-corrected chi connectivity index (χ4v) is 3.59. The number of ether oxygens (including phenoxy) is 1. The summed E-state index contributed by atoms with van der Waals surface area (Å²) in [5.41, 5.74) is 6.29. The maximum atomic E-state index is 5.88. The van der Waals surface area contributed by atoms with Crippen molar-refractivity contribution in [2.75, 3.05) is 6.61 Å². The summed E-state index contributed by atoms with van der Waals surface area (Å²) in [6.45, 7) is 5.22. The second-order valence-electron chi connectivity index (χ2n) is 8.00. The molecule has 0 saturated heterocycles. The van der Waals surface area contributed by atoms with E-state index in [9.17, 15) is 0 Å². The number of hydrogen-bond donors (Lipinski definition) is 0. The molecule has 2 aromatic carbocycles. The highest BCUT2D eigenvalue weighted by molar-refractivity contribution is 5.64. The number of hydrogen-bond acceptors (Lipinski definition) is 2. The van der Waals surface area contributed by atoms with Crippen LogP contribution in [0.15, 0.2) is 66.9 Å². The maximum absolute atomic E-state index is 5.88. The van der Waals surface area contributed by atoms with Crippen molar-refractivity contribution in [3.05, 3.63) is 83.7 Å². The molecule has 0 atom stereocenters. The third-order valence-corrected chi connectivity index (χ3v) is 5.62. The van der Waals surface area contributed by atoms with Crippen LogP contribution in [0.5, 0.6) is 5.75 Å². The third-order valence-electron chi connectivity index (χ3n) is 5.62. The fraction of sp³-hybridized carbons (Fsp3) is 0.393. The Morgan fingerprint density at radius 2 is 1.33 bits per heavy atom.